The van der Waals surface area contributed by atoms with Crippen LogP contribution in [0.25, 0.3) is 0 Å². The van der Waals surface area contributed by atoms with Crippen LogP contribution in [0.3, 0.4) is 0 Å². The van der Waals surface area contributed by atoms with Gasteiger partial charge in [-0.3, -0.25) is 19.2 Å². The van der Waals surface area contributed by atoms with Gasteiger partial charge in [0, 0.05) is 13.0 Å². The molecule has 1 fully saturated rings. The number of unbranched alkanes of at least 4 members (excludes halogenated alkanes) is 1. The lowest BCUT2D eigenvalue weighted by molar-refractivity contribution is -0.139. The fourth-order valence-corrected chi connectivity index (χ4v) is 3.85. The third kappa shape index (κ3) is 9.76. The Morgan fingerprint density at radius 1 is 1.06 bits per heavy atom. The maximum atomic E-state index is 12.8. The summed E-state index contributed by atoms with van der Waals surface area (Å²) in [5, 5.41) is 9.49. The number of carbonyl (C=O) groups is 6. The first-order valence-electron chi connectivity index (χ1n) is 11.6. The third-order valence-electron chi connectivity index (χ3n) is 4.98. The van der Waals surface area contributed by atoms with E-state index in [0.29, 0.717) is 19.4 Å². The van der Waals surface area contributed by atoms with Crippen LogP contribution in [0, 0.1) is 0 Å². The van der Waals surface area contributed by atoms with Crippen molar-refractivity contribution in [1.82, 2.24) is 26.2 Å². The molecule has 1 saturated heterocycles. The first-order valence-corrected chi connectivity index (χ1v) is 12.9. The van der Waals surface area contributed by atoms with Crippen molar-refractivity contribution in [1.29, 1.82) is 0 Å². The molecule has 6 amide bonds. The van der Waals surface area contributed by atoms with Gasteiger partial charge >= 0.3 is 12.2 Å². The van der Waals surface area contributed by atoms with Crippen molar-refractivity contribution in [3.8, 4) is 0 Å². The zero-order chi connectivity index (χ0) is 27.3. The SMILES string of the molecule is C=C(C(=O)NC(C)NC(=O)C(CCCCNC(=O)OCC)NC(=O)OCC)N1C(=O)CC(SC)C1=O. The van der Waals surface area contributed by atoms with Crippen molar-refractivity contribution in [2.75, 3.05) is 26.0 Å². The highest BCUT2D eigenvalue weighted by atomic mass is 32.2. The van der Waals surface area contributed by atoms with Gasteiger partial charge in [0.25, 0.3) is 5.91 Å². The second-order valence-corrected chi connectivity index (χ2v) is 8.75. The Morgan fingerprint density at radius 3 is 2.28 bits per heavy atom. The molecule has 13 nitrogen and oxygen atoms in total. The van der Waals surface area contributed by atoms with E-state index in [2.05, 4.69) is 27.8 Å². The summed E-state index contributed by atoms with van der Waals surface area (Å²) in [6.07, 6.45) is 0.675. The number of amides is 6. The lowest BCUT2D eigenvalue weighted by atomic mass is 10.1. The molecule has 0 saturated carbocycles. The van der Waals surface area contributed by atoms with Gasteiger partial charge in [-0.25, -0.2) is 14.5 Å². The summed E-state index contributed by atoms with van der Waals surface area (Å²) in [6.45, 7) is 9.04. The minimum absolute atomic E-state index is 0.0187. The van der Waals surface area contributed by atoms with Gasteiger partial charge in [-0.15, -0.1) is 0 Å². The molecule has 3 unspecified atom stereocenters. The average Bonchev–Trinajstić information content (AvgIpc) is 3.10. The first-order chi connectivity index (χ1) is 17.0. The van der Waals surface area contributed by atoms with Crippen molar-refractivity contribution in [3.05, 3.63) is 12.3 Å². The minimum atomic E-state index is -0.974. The monoisotopic (exact) mass is 529 g/mol. The van der Waals surface area contributed by atoms with Gasteiger partial charge in [-0.1, -0.05) is 6.58 Å². The van der Waals surface area contributed by atoms with E-state index in [1.165, 1.54) is 18.7 Å². The summed E-state index contributed by atoms with van der Waals surface area (Å²) >= 11 is 1.21. The maximum Gasteiger partial charge on any atom is 0.407 e. The molecule has 1 rings (SSSR count). The van der Waals surface area contributed by atoms with Crippen LogP contribution in [0.5, 0.6) is 0 Å². The predicted molar refractivity (Wildman–Crippen MR) is 131 cm³/mol. The lowest BCUT2D eigenvalue weighted by Crippen LogP contribution is -2.54. The van der Waals surface area contributed by atoms with Crippen LogP contribution in [0.1, 0.15) is 46.5 Å². The quantitative estimate of drug-likeness (QED) is 0.109. The molecule has 0 radical (unpaired) electrons. The lowest BCUT2D eigenvalue weighted by Gasteiger charge is -2.23. The van der Waals surface area contributed by atoms with Crippen LogP contribution < -0.4 is 21.3 Å². The summed E-state index contributed by atoms with van der Waals surface area (Å²) in [5.74, 6) is -2.42. The summed E-state index contributed by atoms with van der Waals surface area (Å²) in [7, 11) is 0. The van der Waals surface area contributed by atoms with E-state index in [1.54, 1.807) is 20.1 Å². The Bertz CT molecular complexity index is 852. The van der Waals surface area contributed by atoms with Crippen LogP contribution in [0.4, 0.5) is 9.59 Å². The molecule has 1 heterocycles. The number of imide groups is 1. The van der Waals surface area contributed by atoms with Crippen molar-refractivity contribution < 1.29 is 38.2 Å². The standard InChI is InChI=1S/C22H35N5O8S/c1-6-34-21(32)23-11-9-8-10-15(26-22(33)35-7-2)19(30)25-14(4)24-18(29)13(3)27-17(28)12-16(36-5)20(27)31/h14-16H,3,6-12H2,1-2,4-5H3,(H,23,32)(H,24,29)(H,25,30)(H,26,33). The van der Waals surface area contributed by atoms with E-state index in [9.17, 15) is 28.8 Å². The van der Waals surface area contributed by atoms with Crippen LogP contribution in [0.2, 0.25) is 0 Å². The van der Waals surface area contributed by atoms with E-state index < -0.39 is 53.3 Å². The Labute approximate surface area is 214 Å². The number of likely N-dealkylation sites (tertiary alicyclic amines) is 1. The van der Waals surface area contributed by atoms with Gasteiger partial charge in [0.15, 0.2) is 0 Å². The molecule has 0 bridgehead atoms. The Hall–Kier alpha value is -3.29. The molecule has 202 valence electrons. The molecule has 1 aliphatic heterocycles. The fraction of sp³-hybridized carbons (Fsp3) is 0.636. The molecule has 14 heteroatoms. The number of nitrogens with one attached hydrogen (secondary N) is 4. The van der Waals surface area contributed by atoms with Gasteiger partial charge in [0.2, 0.25) is 17.7 Å². The van der Waals surface area contributed by atoms with Crippen LogP contribution in [-0.2, 0) is 28.7 Å². The van der Waals surface area contributed by atoms with Gasteiger partial charge in [0.1, 0.15) is 11.7 Å². The number of ether oxygens (including phenoxy) is 2. The van der Waals surface area contributed by atoms with Gasteiger partial charge < -0.3 is 30.7 Å². The zero-order valence-corrected chi connectivity index (χ0v) is 21.8. The maximum absolute atomic E-state index is 12.8. The fourth-order valence-electron chi connectivity index (χ4n) is 3.23. The van der Waals surface area contributed by atoms with Crippen LogP contribution in [0.15, 0.2) is 12.3 Å². The Balaban J connectivity index is 2.65. The topological polar surface area (TPSA) is 172 Å². The normalized spacial score (nSPS) is 16.6. The summed E-state index contributed by atoms with van der Waals surface area (Å²) in [4.78, 5) is 73.7. The van der Waals surface area contributed by atoms with Crippen molar-refractivity contribution in [2.45, 2.75) is 63.9 Å². The molecule has 0 aromatic carbocycles. The largest absolute Gasteiger partial charge is 0.450 e. The highest BCUT2D eigenvalue weighted by Crippen LogP contribution is 2.25. The summed E-state index contributed by atoms with van der Waals surface area (Å²) in [5.41, 5.74) is -0.335. The number of hydrogen-bond donors (Lipinski definition) is 4. The third-order valence-corrected chi connectivity index (χ3v) is 5.91. The number of alkyl carbamates (subject to hydrolysis) is 2. The highest BCUT2D eigenvalue weighted by molar-refractivity contribution is 8.00. The molecule has 36 heavy (non-hydrogen) atoms. The van der Waals surface area contributed by atoms with E-state index in [1.807, 2.05) is 0 Å². The highest BCUT2D eigenvalue weighted by Gasteiger charge is 2.41. The molecule has 4 N–H and O–H groups in total. The van der Waals surface area contributed by atoms with Crippen molar-refractivity contribution >= 4 is 47.6 Å². The van der Waals surface area contributed by atoms with Gasteiger partial charge in [0.05, 0.1) is 24.6 Å². The number of nitrogens with zero attached hydrogens (tertiary/aromatic N) is 1. The van der Waals surface area contributed by atoms with E-state index in [4.69, 9.17) is 9.47 Å². The van der Waals surface area contributed by atoms with Crippen LogP contribution >= 0.6 is 11.8 Å². The molecule has 1 aliphatic rings. The van der Waals surface area contributed by atoms with Crippen molar-refractivity contribution in [2.24, 2.45) is 0 Å². The Morgan fingerprint density at radius 2 is 1.69 bits per heavy atom. The van der Waals surface area contributed by atoms with E-state index in [0.717, 1.165) is 4.90 Å². The van der Waals surface area contributed by atoms with Gasteiger partial charge in [-0.2, -0.15) is 11.8 Å². The second kappa shape index (κ2) is 15.7. The zero-order valence-electron chi connectivity index (χ0n) is 21.0. The molecule has 0 spiro atoms. The number of hydrogen-bond acceptors (Lipinski definition) is 9. The number of rotatable bonds is 14. The van der Waals surface area contributed by atoms with Crippen LogP contribution in [-0.4, -0.2) is 84.2 Å². The number of carbonyl (C=O) groups excluding carboxylic acids is 6. The minimum Gasteiger partial charge on any atom is -0.450 e. The Kier molecular flexibility index (Phi) is 13.4. The average molecular weight is 530 g/mol. The van der Waals surface area contributed by atoms with Gasteiger partial charge in [-0.05, 0) is 46.3 Å². The molecular formula is C22H35N5O8S. The summed E-state index contributed by atoms with van der Waals surface area (Å²) in [6, 6.07) is -0.974. The second-order valence-electron chi connectivity index (χ2n) is 7.71. The molecule has 0 aromatic rings. The smallest absolute Gasteiger partial charge is 0.407 e. The van der Waals surface area contributed by atoms with Crippen molar-refractivity contribution in [3.63, 3.8) is 0 Å². The predicted octanol–water partition coefficient (Wildman–Crippen LogP) is 0.600. The molecule has 3 atom stereocenters. The molecular weight excluding hydrogens is 494 g/mol. The van der Waals surface area contributed by atoms with E-state index >= 15 is 0 Å². The first kappa shape index (κ1) is 30.7. The number of thioether (sulfide) groups is 1. The molecule has 0 aromatic heterocycles. The van der Waals surface area contributed by atoms with E-state index in [-0.39, 0.29) is 31.8 Å². The summed E-state index contributed by atoms with van der Waals surface area (Å²) < 4.78 is 9.61. The molecule has 0 aliphatic carbocycles.